The monoisotopic (exact) mass is 247 g/mol. The predicted molar refractivity (Wildman–Crippen MR) is 76.1 cm³/mol. The SMILES string of the molecule is COc1ccc(CCC(C)NCC2CC2C)cc1. The van der Waals surface area contributed by atoms with Crippen LogP contribution in [0.25, 0.3) is 0 Å². The van der Waals surface area contributed by atoms with Crippen molar-refractivity contribution in [2.75, 3.05) is 13.7 Å². The van der Waals surface area contributed by atoms with Crippen LogP contribution in [0.2, 0.25) is 0 Å². The fourth-order valence-electron chi connectivity index (χ4n) is 2.31. The molecule has 3 atom stereocenters. The third-order valence-electron chi connectivity index (χ3n) is 4.03. The smallest absolute Gasteiger partial charge is 0.118 e. The molecular formula is C16H25NO. The molecule has 0 saturated heterocycles. The van der Waals surface area contributed by atoms with Gasteiger partial charge in [-0.05, 0) is 62.3 Å². The van der Waals surface area contributed by atoms with Crippen LogP contribution in [0.1, 0.15) is 32.3 Å². The van der Waals surface area contributed by atoms with Crippen molar-refractivity contribution >= 4 is 0 Å². The van der Waals surface area contributed by atoms with Gasteiger partial charge in [0.25, 0.3) is 0 Å². The third kappa shape index (κ3) is 4.02. The molecule has 0 amide bonds. The second kappa shape index (κ2) is 6.24. The van der Waals surface area contributed by atoms with Crippen LogP contribution in [0.3, 0.4) is 0 Å². The topological polar surface area (TPSA) is 21.3 Å². The minimum Gasteiger partial charge on any atom is -0.497 e. The summed E-state index contributed by atoms with van der Waals surface area (Å²) in [5.41, 5.74) is 1.39. The number of hydrogen-bond acceptors (Lipinski definition) is 2. The van der Waals surface area contributed by atoms with Gasteiger partial charge < -0.3 is 10.1 Å². The molecular weight excluding hydrogens is 222 g/mol. The van der Waals surface area contributed by atoms with Gasteiger partial charge in [-0.1, -0.05) is 19.1 Å². The van der Waals surface area contributed by atoms with E-state index in [1.54, 1.807) is 7.11 Å². The van der Waals surface area contributed by atoms with Crippen LogP contribution in [0, 0.1) is 11.8 Å². The van der Waals surface area contributed by atoms with E-state index >= 15 is 0 Å². The second-order valence-corrected chi connectivity index (χ2v) is 5.67. The van der Waals surface area contributed by atoms with Gasteiger partial charge in [0.2, 0.25) is 0 Å². The Morgan fingerprint density at radius 2 is 2.00 bits per heavy atom. The van der Waals surface area contributed by atoms with Gasteiger partial charge in [0.15, 0.2) is 0 Å². The Labute approximate surface area is 111 Å². The maximum absolute atomic E-state index is 5.16. The maximum Gasteiger partial charge on any atom is 0.118 e. The molecule has 18 heavy (non-hydrogen) atoms. The third-order valence-corrected chi connectivity index (χ3v) is 4.03. The Morgan fingerprint density at radius 3 is 2.56 bits per heavy atom. The molecule has 1 saturated carbocycles. The van der Waals surface area contributed by atoms with Crippen LogP contribution < -0.4 is 10.1 Å². The lowest BCUT2D eigenvalue weighted by molar-refractivity contribution is 0.414. The molecule has 0 radical (unpaired) electrons. The number of aryl methyl sites for hydroxylation is 1. The van der Waals surface area contributed by atoms with Gasteiger partial charge in [-0.2, -0.15) is 0 Å². The highest BCUT2D eigenvalue weighted by molar-refractivity contribution is 5.27. The molecule has 1 fully saturated rings. The Kier molecular flexibility index (Phi) is 4.65. The summed E-state index contributed by atoms with van der Waals surface area (Å²) in [5, 5.41) is 3.64. The van der Waals surface area contributed by atoms with Gasteiger partial charge in [-0.25, -0.2) is 0 Å². The van der Waals surface area contributed by atoms with Crippen molar-refractivity contribution in [2.24, 2.45) is 11.8 Å². The normalized spacial score (nSPS) is 23.7. The van der Waals surface area contributed by atoms with E-state index in [0.717, 1.165) is 24.0 Å². The van der Waals surface area contributed by atoms with E-state index in [0.29, 0.717) is 6.04 Å². The summed E-state index contributed by atoms with van der Waals surface area (Å²) in [6, 6.07) is 9.02. The van der Waals surface area contributed by atoms with Crippen molar-refractivity contribution in [2.45, 2.75) is 39.2 Å². The Morgan fingerprint density at radius 1 is 1.33 bits per heavy atom. The first kappa shape index (κ1) is 13.4. The van der Waals surface area contributed by atoms with Crippen LogP contribution in [-0.2, 0) is 6.42 Å². The van der Waals surface area contributed by atoms with E-state index in [1.165, 1.54) is 24.9 Å². The van der Waals surface area contributed by atoms with Gasteiger partial charge in [-0.15, -0.1) is 0 Å². The van der Waals surface area contributed by atoms with Crippen LogP contribution in [0.5, 0.6) is 5.75 Å². The zero-order chi connectivity index (χ0) is 13.0. The first-order chi connectivity index (χ1) is 8.69. The van der Waals surface area contributed by atoms with Crippen LogP contribution in [-0.4, -0.2) is 19.7 Å². The lowest BCUT2D eigenvalue weighted by Gasteiger charge is -2.13. The second-order valence-electron chi connectivity index (χ2n) is 5.67. The van der Waals surface area contributed by atoms with Crippen LogP contribution >= 0.6 is 0 Å². The largest absolute Gasteiger partial charge is 0.497 e. The van der Waals surface area contributed by atoms with Crippen LogP contribution in [0.15, 0.2) is 24.3 Å². The first-order valence-corrected chi connectivity index (χ1v) is 7.05. The van der Waals surface area contributed by atoms with E-state index in [2.05, 4.69) is 31.3 Å². The molecule has 1 aliphatic carbocycles. The summed E-state index contributed by atoms with van der Waals surface area (Å²) in [6.45, 7) is 5.83. The summed E-state index contributed by atoms with van der Waals surface area (Å²) >= 11 is 0. The molecule has 2 rings (SSSR count). The molecule has 2 heteroatoms. The molecule has 3 unspecified atom stereocenters. The van der Waals surface area contributed by atoms with Crippen LogP contribution in [0.4, 0.5) is 0 Å². The van der Waals surface area contributed by atoms with E-state index in [9.17, 15) is 0 Å². The van der Waals surface area contributed by atoms with Crippen molar-refractivity contribution in [1.29, 1.82) is 0 Å². The molecule has 0 aliphatic heterocycles. The summed E-state index contributed by atoms with van der Waals surface area (Å²) in [6.07, 6.45) is 3.75. The van der Waals surface area contributed by atoms with Gasteiger partial charge in [0.05, 0.1) is 7.11 Å². The summed E-state index contributed by atoms with van der Waals surface area (Å²) in [4.78, 5) is 0. The highest BCUT2D eigenvalue weighted by Crippen LogP contribution is 2.36. The number of methoxy groups -OCH3 is 1. The molecule has 100 valence electrons. The summed E-state index contributed by atoms with van der Waals surface area (Å²) in [7, 11) is 1.71. The molecule has 0 heterocycles. The quantitative estimate of drug-likeness (QED) is 0.798. The number of nitrogens with one attached hydrogen (secondary N) is 1. The molecule has 1 aliphatic rings. The molecule has 0 spiro atoms. The number of ether oxygens (including phenoxy) is 1. The molecule has 1 N–H and O–H groups in total. The molecule has 0 bridgehead atoms. The molecule has 1 aromatic rings. The molecule has 2 nitrogen and oxygen atoms in total. The number of hydrogen-bond donors (Lipinski definition) is 1. The standard InChI is InChI=1S/C16H25NO/c1-12-10-15(12)11-17-13(2)4-5-14-6-8-16(18-3)9-7-14/h6-9,12-13,15,17H,4-5,10-11H2,1-3H3. The van der Waals surface area contributed by atoms with Gasteiger partial charge in [0.1, 0.15) is 5.75 Å². The fourth-order valence-corrected chi connectivity index (χ4v) is 2.31. The zero-order valence-corrected chi connectivity index (χ0v) is 11.8. The van der Waals surface area contributed by atoms with E-state index in [1.807, 2.05) is 12.1 Å². The predicted octanol–water partition coefficient (Wildman–Crippen LogP) is 3.26. The molecule has 1 aromatic carbocycles. The number of rotatable bonds is 7. The van der Waals surface area contributed by atoms with E-state index in [4.69, 9.17) is 4.74 Å². The van der Waals surface area contributed by atoms with Gasteiger partial charge in [0, 0.05) is 6.04 Å². The van der Waals surface area contributed by atoms with E-state index < -0.39 is 0 Å². The zero-order valence-electron chi connectivity index (χ0n) is 11.8. The minimum absolute atomic E-state index is 0.611. The van der Waals surface area contributed by atoms with Crippen molar-refractivity contribution in [3.05, 3.63) is 29.8 Å². The Hall–Kier alpha value is -1.02. The molecule has 0 aromatic heterocycles. The Balaban J connectivity index is 1.66. The highest BCUT2D eigenvalue weighted by atomic mass is 16.5. The highest BCUT2D eigenvalue weighted by Gasteiger charge is 2.31. The average Bonchev–Trinajstić information content (AvgIpc) is 3.10. The summed E-state index contributed by atoms with van der Waals surface area (Å²) in [5.74, 6) is 2.83. The summed E-state index contributed by atoms with van der Waals surface area (Å²) < 4.78 is 5.16. The lowest BCUT2D eigenvalue weighted by atomic mass is 10.1. The van der Waals surface area contributed by atoms with Crippen molar-refractivity contribution in [3.8, 4) is 5.75 Å². The van der Waals surface area contributed by atoms with E-state index in [-0.39, 0.29) is 0 Å². The van der Waals surface area contributed by atoms with Crippen molar-refractivity contribution in [1.82, 2.24) is 5.32 Å². The first-order valence-electron chi connectivity index (χ1n) is 7.05. The maximum atomic E-state index is 5.16. The van der Waals surface area contributed by atoms with Crippen molar-refractivity contribution < 1.29 is 4.74 Å². The fraction of sp³-hybridized carbons (Fsp3) is 0.625. The minimum atomic E-state index is 0.611. The average molecular weight is 247 g/mol. The van der Waals surface area contributed by atoms with Gasteiger partial charge in [-0.3, -0.25) is 0 Å². The van der Waals surface area contributed by atoms with Crippen molar-refractivity contribution in [3.63, 3.8) is 0 Å². The number of benzene rings is 1. The lowest BCUT2D eigenvalue weighted by Crippen LogP contribution is -2.28. The Bertz CT molecular complexity index is 360. The van der Waals surface area contributed by atoms with Gasteiger partial charge >= 0.3 is 0 Å².